The van der Waals surface area contributed by atoms with Crippen molar-refractivity contribution in [2.24, 2.45) is 11.7 Å². The molecule has 0 bridgehead atoms. The molecule has 0 saturated heterocycles. The van der Waals surface area contributed by atoms with Crippen LogP contribution in [0.3, 0.4) is 0 Å². The van der Waals surface area contributed by atoms with E-state index in [0.717, 1.165) is 4.90 Å². The van der Waals surface area contributed by atoms with Crippen molar-refractivity contribution in [2.45, 2.75) is 32.9 Å². The highest BCUT2D eigenvalue weighted by molar-refractivity contribution is 6.08. The van der Waals surface area contributed by atoms with E-state index in [1.54, 1.807) is 32.0 Å². The first-order chi connectivity index (χ1) is 9.77. The first-order valence-electron chi connectivity index (χ1n) is 6.68. The minimum atomic E-state index is -1.28. The SMILES string of the molecule is CC(C)C(N)C(=O)N(C(=O)c1ccccc1)C(C)C(=O)O. The summed E-state index contributed by atoms with van der Waals surface area (Å²) in [4.78, 5) is 36.7. The number of hydrogen-bond donors (Lipinski definition) is 2. The third-order valence-corrected chi connectivity index (χ3v) is 3.23. The minimum Gasteiger partial charge on any atom is -0.480 e. The van der Waals surface area contributed by atoms with Gasteiger partial charge < -0.3 is 10.8 Å². The van der Waals surface area contributed by atoms with Crippen LogP contribution >= 0.6 is 0 Å². The van der Waals surface area contributed by atoms with Crippen molar-refractivity contribution in [3.05, 3.63) is 35.9 Å². The molecule has 0 spiro atoms. The summed E-state index contributed by atoms with van der Waals surface area (Å²) in [5.74, 6) is -2.81. The number of hydrogen-bond acceptors (Lipinski definition) is 4. The maximum Gasteiger partial charge on any atom is 0.326 e. The van der Waals surface area contributed by atoms with Gasteiger partial charge in [-0.25, -0.2) is 4.79 Å². The molecule has 0 radical (unpaired) electrons. The maximum atomic E-state index is 12.4. The number of rotatable bonds is 5. The number of imide groups is 1. The molecule has 6 nitrogen and oxygen atoms in total. The highest BCUT2D eigenvalue weighted by atomic mass is 16.4. The van der Waals surface area contributed by atoms with Gasteiger partial charge in [-0.05, 0) is 25.0 Å². The minimum absolute atomic E-state index is 0.204. The molecule has 0 fully saturated rings. The van der Waals surface area contributed by atoms with Gasteiger partial charge in [0, 0.05) is 5.56 Å². The van der Waals surface area contributed by atoms with E-state index in [9.17, 15) is 14.4 Å². The molecule has 0 aromatic heterocycles. The highest BCUT2D eigenvalue weighted by Crippen LogP contribution is 2.13. The number of aliphatic carboxylic acids is 1. The second-order valence-electron chi connectivity index (χ2n) is 5.16. The molecule has 1 aromatic rings. The summed E-state index contributed by atoms with van der Waals surface area (Å²) in [6.45, 7) is 4.76. The molecular formula is C15H20N2O4. The van der Waals surface area contributed by atoms with E-state index in [2.05, 4.69) is 0 Å². The lowest BCUT2D eigenvalue weighted by Gasteiger charge is -2.28. The number of carboxylic acids is 1. The molecule has 0 aliphatic heterocycles. The van der Waals surface area contributed by atoms with Crippen LogP contribution in [0.2, 0.25) is 0 Å². The number of carbonyl (C=O) groups is 3. The number of nitrogens with two attached hydrogens (primary N) is 1. The molecule has 2 atom stereocenters. The van der Waals surface area contributed by atoms with Crippen molar-refractivity contribution in [1.82, 2.24) is 4.90 Å². The Morgan fingerprint density at radius 2 is 1.62 bits per heavy atom. The summed E-state index contributed by atoms with van der Waals surface area (Å²) in [5.41, 5.74) is 6.02. The molecule has 114 valence electrons. The Bertz CT molecular complexity index is 528. The van der Waals surface area contributed by atoms with Gasteiger partial charge in [-0.1, -0.05) is 32.0 Å². The topological polar surface area (TPSA) is 101 Å². The fourth-order valence-corrected chi connectivity index (χ4v) is 1.74. The largest absolute Gasteiger partial charge is 0.480 e. The van der Waals surface area contributed by atoms with Crippen LogP contribution in [0.25, 0.3) is 0 Å². The normalized spacial score (nSPS) is 13.6. The summed E-state index contributed by atoms with van der Waals surface area (Å²) >= 11 is 0. The Morgan fingerprint density at radius 1 is 1.10 bits per heavy atom. The maximum absolute atomic E-state index is 12.4. The Labute approximate surface area is 123 Å². The standard InChI is InChI=1S/C15H20N2O4/c1-9(2)12(16)14(19)17(10(3)15(20)21)13(18)11-7-5-4-6-8-11/h4-10,12H,16H2,1-3H3,(H,20,21). The van der Waals surface area contributed by atoms with Crippen LogP contribution in [0.1, 0.15) is 31.1 Å². The van der Waals surface area contributed by atoms with Crippen LogP contribution in [-0.2, 0) is 9.59 Å². The van der Waals surface area contributed by atoms with Crippen LogP contribution in [-0.4, -0.2) is 39.9 Å². The van der Waals surface area contributed by atoms with E-state index in [0.29, 0.717) is 0 Å². The Hall–Kier alpha value is -2.21. The zero-order valence-electron chi connectivity index (χ0n) is 12.3. The fraction of sp³-hybridized carbons (Fsp3) is 0.400. The van der Waals surface area contributed by atoms with Gasteiger partial charge in [0.2, 0.25) is 5.91 Å². The van der Waals surface area contributed by atoms with Gasteiger partial charge in [0.15, 0.2) is 0 Å². The van der Waals surface area contributed by atoms with Crippen molar-refractivity contribution < 1.29 is 19.5 Å². The van der Waals surface area contributed by atoms with Crippen molar-refractivity contribution in [2.75, 3.05) is 0 Å². The molecule has 0 aliphatic carbocycles. The van der Waals surface area contributed by atoms with Gasteiger partial charge >= 0.3 is 5.97 Å². The molecule has 3 N–H and O–H groups in total. The lowest BCUT2D eigenvalue weighted by atomic mass is 10.0. The molecule has 0 saturated carbocycles. The Morgan fingerprint density at radius 3 is 2.05 bits per heavy atom. The summed E-state index contributed by atoms with van der Waals surface area (Å²) in [5, 5.41) is 9.13. The summed E-state index contributed by atoms with van der Waals surface area (Å²) < 4.78 is 0. The monoisotopic (exact) mass is 292 g/mol. The van der Waals surface area contributed by atoms with Gasteiger partial charge in [0.1, 0.15) is 6.04 Å². The molecule has 1 aromatic carbocycles. The molecule has 0 aliphatic rings. The van der Waals surface area contributed by atoms with Gasteiger partial charge in [-0.2, -0.15) is 0 Å². The second kappa shape index (κ2) is 6.99. The number of carboxylic acid groups (broad SMARTS) is 1. The predicted octanol–water partition coefficient (Wildman–Crippen LogP) is 1.11. The van der Waals surface area contributed by atoms with Gasteiger partial charge in [-0.3, -0.25) is 14.5 Å². The molecule has 1 rings (SSSR count). The van der Waals surface area contributed by atoms with Gasteiger partial charge in [0.25, 0.3) is 5.91 Å². The quantitative estimate of drug-likeness (QED) is 0.846. The Balaban J connectivity index is 3.17. The summed E-state index contributed by atoms with van der Waals surface area (Å²) in [6.07, 6.45) is 0. The van der Waals surface area contributed by atoms with E-state index >= 15 is 0 Å². The lowest BCUT2D eigenvalue weighted by molar-refractivity contribution is -0.148. The second-order valence-corrected chi connectivity index (χ2v) is 5.16. The number of nitrogens with zero attached hydrogens (tertiary/aromatic N) is 1. The predicted molar refractivity (Wildman–Crippen MR) is 77.5 cm³/mol. The van der Waals surface area contributed by atoms with E-state index in [1.807, 2.05) is 0 Å². The zero-order valence-corrected chi connectivity index (χ0v) is 12.3. The highest BCUT2D eigenvalue weighted by Gasteiger charge is 2.35. The third-order valence-electron chi connectivity index (χ3n) is 3.23. The van der Waals surface area contributed by atoms with Crippen LogP contribution in [0.4, 0.5) is 0 Å². The summed E-state index contributed by atoms with van der Waals surface area (Å²) in [6, 6.07) is 5.85. The fourth-order valence-electron chi connectivity index (χ4n) is 1.74. The summed E-state index contributed by atoms with van der Waals surface area (Å²) in [7, 11) is 0. The molecule has 6 heteroatoms. The average Bonchev–Trinajstić information content (AvgIpc) is 2.46. The number of benzene rings is 1. The van der Waals surface area contributed by atoms with Crippen molar-refractivity contribution >= 4 is 17.8 Å². The van der Waals surface area contributed by atoms with Crippen LogP contribution in [0.15, 0.2) is 30.3 Å². The first kappa shape index (κ1) is 16.8. The lowest BCUT2D eigenvalue weighted by Crippen LogP contribution is -2.54. The van der Waals surface area contributed by atoms with Gasteiger partial charge in [0.05, 0.1) is 6.04 Å². The van der Waals surface area contributed by atoms with Gasteiger partial charge in [-0.15, -0.1) is 0 Å². The molecule has 2 amide bonds. The molecule has 21 heavy (non-hydrogen) atoms. The van der Waals surface area contributed by atoms with Crippen LogP contribution in [0.5, 0.6) is 0 Å². The molecule has 2 unspecified atom stereocenters. The van der Waals surface area contributed by atoms with Crippen molar-refractivity contribution in [3.63, 3.8) is 0 Å². The van der Waals surface area contributed by atoms with Crippen molar-refractivity contribution in [3.8, 4) is 0 Å². The van der Waals surface area contributed by atoms with E-state index < -0.39 is 29.9 Å². The van der Waals surface area contributed by atoms with E-state index in [4.69, 9.17) is 10.8 Å². The molecular weight excluding hydrogens is 272 g/mol. The number of carbonyl (C=O) groups excluding carboxylic acids is 2. The van der Waals surface area contributed by atoms with Crippen molar-refractivity contribution in [1.29, 1.82) is 0 Å². The molecule has 0 heterocycles. The first-order valence-corrected chi connectivity index (χ1v) is 6.68. The van der Waals surface area contributed by atoms with Crippen LogP contribution < -0.4 is 5.73 Å². The smallest absolute Gasteiger partial charge is 0.326 e. The van der Waals surface area contributed by atoms with E-state index in [-0.39, 0.29) is 11.5 Å². The third kappa shape index (κ3) is 3.88. The Kier molecular flexibility index (Phi) is 5.60. The number of amides is 2. The zero-order chi connectivity index (χ0) is 16.2. The average molecular weight is 292 g/mol. The van der Waals surface area contributed by atoms with Crippen LogP contribution in [0, 0.1) is 5.92 Å². The van der Waals surface area contributed by atoms with E-state index in [1.165, 1.54) is 19.1 Å².